The smallest absolute Gasteiger partial charge is 0.227 e. The van der Waals surface area contributed by atoms with Crippen molar-refractivity contribution in [2.75, 3.05) is 52.5 Å². The van der Waals surface area contributed by atoms with E-state index in [0.717, 1.165) is 83.9 Å². The maximum atomic E-state index is 12.8. The highest BCUT2D eigenvalue weighted by atomic mass is 16.5. The van der Waals surface area contributed by atoms with Crippen LogP contribution in [0.15, 0.2) is 24.3 Å². The van der Waals surface area contributed by atoms with Gasteiger partial charge in [-0.05, 0) is 49.9 Å². The summed E-state index contributed by atoms with van der Waals surface area (Å²) in [5, 5.41) is 3.32. The second-order valence-corrected chi connectivity index (χ2v) is 8.24. The molecule has 0 spiro atoms. The van der Waals surface area contributed by atoms with Crippen molar-refractivity contribution in [3.63, 3.8) is 0 Å². The predicted octanol–water partition coefficient (Wildman–Crippen LogP) is 1.89. The lowest BCUT2D eigenvalue weighted by atomic mass is 9.95. The molecule has 6 nitrogen and oxygen atoms in total. The van der Waals surface area contributed by atoms with E-state index in [4.69, 9.17) is 9.47 Å². The fourth-order valence-corrected chi connectivity index (χ4v) is 4.46. The van der Waals surface area contributed by atoms with Crippen molar-refractivity contribution >= 4 is 5.91 Å². The highest BCUT2D eigenvalue weighted by Crippen LogP contribution is 2.22. The molecule has 3 aliphatic heterocycles. The minimum atomic E-state index is 0.154. The summed E-state index contributed by atoms with van der Waals surface area (Å²) >= 11 is 0. The lowest BCUT2D eigenvalue weighted by molar-refractivity contribution is -0.138. The Balaban J connectivity index is 1.25. The van der Waals surface area contributed by atoms with Gasteiger partial charge in [0.25, 0.3) is 0 Å². The molecule has 1 amide bonds. The Morgan fingerprint density at radius 1 is 1.11 bits per heavy atom. The van der Waals surface area contributed by atoms with Crippen LogP contribution in [0.3, 0.4) is 0 Å². The molecule has 2 unspecified atom stereocenters. The van der Waals surface area contributed by atoms with Crippen LogP contribution in [-0.4, -0.2) is 74.3 Å². The quantitative estimate of drug-likeness (QED) is 0.808. The normalized spacial score (nSPS) is 26.4. The predicted molar refractivity (Wildman–Crippen MR) is 108 cm³/mol. The highest BCUT2D eigenvalue weighted by molar-refractivity contribution is 5.79. The van der Waals surface area contributed by atoms with Gasteiger partial charge in [0.05, 0.1) is 12.0 Å². The largest absolute Gasteiger partial charge is 0.491 e. The van der Waals surface area contributed by atoms with E-state index in [0.29, 0.717) is 12.5 Å². The van der Waals surface area contributed by atoms with Gasteiger partial charge in [0.2, 0.25) is 5.91 Å². The van der Waals surface area contributed by atoms with Crippen molar-refractivity contribution in [3.05, 3.63) is 29.8 Å². The molecule has 3 heterocycles. The zero-order valence-corrected chi connectivity index (χ0v) is 16.8. The van der Waals surface area contributed by atoms with Gasteiger partial charge >= 0.3 is 0 Å². The summed E-state index contributed by atoms with van der Waals surface area (Å²) in [5.41, 5.74) is 1.28. The number of piperidine rings is 1. The first-order valence-electron chi connectivity index (χ1n) is 10.8. The van der Waals surface area contributed by atoms with Crippen LogP contribution in [-0.2, 0) is 16.1 Å². The zero-order chi connectivity index (χ0) is 19.2. The third kappa shape index (κ3) is 5.25. The van der Waals surface area contributed by atoms with Crippen molar-refractivity contribution in [2.24, 2.45) is 5.92 Å². The van der Waals surface area contributed by atoms with Gasteiger partial charge in [0, 0.05) is 45.9 Å². The van der Waals surface area contributed by atoms with Crippen LogP contribution in [0.1, 0.15) is 31.2 Å². The first-order chi connectivity index (χ1) is 13.8. The maximum Gasteiger partial charge on any atom is 0.227 e. The fourth-order valence-electron chi connectivity index (χ4n) is 4.46. The van der Waals surface area contributed by atoms with Crippen LogP contribution in [0.25, 0.3) is 0 Å². The first-order valence-corrected chi connectivity index (χ1v) is 10.8. The van der Waals surface area contributed by atoms with Crippen LogP contribution in [0.2, 0.25) is 0 Å². The number of amides is 1. The Kier molecular flexibility index (Phi) is 6.83. The van der Waals surface area contributed by atoms with Crippen LogP contribution in [0.5, 0.6) is 5.75 Å². The van der Waals surface area contributed by atoms with E-state index >= 15 is 0 Å². The number of ether oxygens (including phenoxy) is 2. The summed E-state index contributed by atoms with van der Waals surface area (Å²) in [7, 11) is 0. The molecule has 3 saturated heterocycles. The van der Waals surface area contributed by atoms with Gasteiger partial charge in [-0.3, -0.25) is 9.69 Å². The van der Waals surface area contributed by atoms with Gasteiger partial charge < -0.3 is 19.7 Å². The molecule has 0 radical (unpaired) electrons. The van der Waals surface area contributed by atoms with Gasteiger partial charge in [-0.2, -0.15) is 0 Å². The summed E-state index contributed by atoms with van der Waals surface area (Å²) in [6.07, 6.45) is 4.61. The number of likely N-dealkylation sites (tertiary alicyclic amines) is 1. The molecule has 28 heavy (non-hydrogen) atoms. The van der Waals surface area contributed by atoms with E-state index in [1.807, 2.05) is 4.90 Å². The molecule has 3 fully saturated rings. The number of benzene rings is 1. The van der Waals surface area contributed by atoms with Crippen LogP contribution < -0.4 is 10.1 Å². The molecule has 6 heteroatoms. The monoisotopic (exact) mass is 387 g/mol. The van der Waals surface area contributed by atoms with Crippen LogP contribution in [0, 0.1) is 5.92 Å². The average molecular weight is 388 g/mol. The van der Waals surface area contributed by atoms with Crippen molar-refractivity contribution in [1.82, 2.24) is 15.1 Å². The fraction of sp³-hybridized carbons (Fsp3) is 0.682. The molecule has 0 saturated carbocycles. The summed E-state index contributed by atoms with van der Waals surface area (Å²) in [6.45, 7) is 7.89. The molecule has 0 bridgehead atoms. The van der Waals surface area contributed by atoms with E-state index in [-0.39, 0.29) is 12.0 Å². The number of rotatable bonds is 6. The van der Waals surface area contributed by atoms with E-state index in [9.17, 15) is 4.79 Å². The van der Waals surface area contributed by atoms with Gasteiger partial charge in [0.1, 0.15) is 12.4 Å². The minimum absolute atomic E-state index is 0.154. The summed E-state index contributed by atoms with van der Waals surface area (Å²) in [6, 6.07) is 8.40. The molecule has 1 aromatic carbocycles. The first kappa shape index (κ1) is 19.7. The number of hydrogen-bond donors (Lipinski definition) is 1. The topological polar surface area (TPSA) is 54.0 Å². The van der Waals surface area contributed by atoms with Crippen molar-refractivity contribution < 1.29 is 14.3 Å². The Bertz CT molecular complexity index is 624. The lowest BCUT2D eigenvalue weighted by Gasteiger charge is -2.36. The lowest BCUT2D eigenvalue weighted by Crippen LogP contribution is -2.51. The molecule has 154 valence electrons. The Morgan fingerprint density at radius 2 is 1.93 bits per heavy atom. The number of nitrogens with zero attached hydrogens (tertiary/aromatic N) is 2. The van der Waals surface area contributed by atoms with E-state index in [1.54, 1.807) is 0 Å². The number of piperazine rings is 1. The second-order valence-electron chi connectivity index (χ2n) is 8.24. The second kappa shape index (κ2) is 9.72. The van der Waals surface area contributed by atoms with Gasteiger partial charge in [-0.1, -0.05) is 12.1 Å². The summed E-state index contributed by atoms with van der Waals surface area (Å²) in [4.78, 5) is 17.3. The Morgan fingerprint density at radius 3 is 2.68 bits per heavy atom. The molecule has 0 aromatic heterocycles. The molecule has 0 aliphatic carbocycles. The highest BCUT2D eigenvalue weighted by Gasteiger charge is 2.29. The molecule has 3 aliphatic rings. The van der Waals surface area contributed by atoms with Gasteiger partial charge in [0.15, 0.2) is 0 Å². The molecular formula is C22H33N3O3. The van der Waals surface area contributed by atoms with Crippen molar-refractivity contribution in [3.8, 4) is 5.75 Å². The summed E-state index contributed by atoms with van der Waals surface area (Å²) < 4.78 is 11.5. The zero-order valence-electron chi connectivity index (χ0n) is 16.8. The van der Waals surface area contributed by atoms with Crippen molar-refractivity contribution in [2.45, 2.75) is 38.3 Å². The number of carbonyl (C=O) groups excluding carboxylic acids is 1. The van der Waals surface area contributed by atoms with Crippen LogP contribution >= 0.6 is 0 Å². The molecule has 1 N–H and O–H groups in total. The molecule has 1 aromatic rings. The standard InChI is InChI=1S/C22H33N3O3/c26-22(25-12-9-23-10-13-25)19-3-1-11-24(16-19)15-18-5-7-20(8-6-18)28-17-21-4-2-14-27-21/h5-8,19,21,23H,1-4,9-17H2. The third-order valence-corrected chi connectivity index (χ3v) is 6.07. The summed E-state index contributed by atoms with van der Waals surface area (Å²) in [5.74, 6) is 1.41. The number of hydrogen-bond acceptors (Lipinski definition) is 5. The number of nitrogens with one attached hydrogen (secondary N) is 1. The molecule has 4 rings (SSSR count). The van der Waals surface area contributed by atoms with E-state index < -0.39 is 0 Å². The Hall–Kier alpha value is -1.63. The third-order valence-electron chi connectivity index (χ3n) is 6.07. The van der Waals surface area contributed by atoms with E-state index in [1.165, 1.54) is 5.56 Å². The van der Waals surface area contributed by atoms with Crippen LogP contribution in [0.4, 0.5) is 0 Å². The number of carbonyl (C=O) groups is 1. The Labute approximate surface area is 168 Å². The van der Waals surface area contributed by atoms with Gasteiger partial charge in [-0.25, -0.2) is 0 Å². The average Bonchev–Trinajstić information content (AvgIpc) is 3.27. The molecule has 2 atom stereocenters. The maximum absolute atomic E-state index is 12.8. The van der Waals surface area contributed by atoms with Crippen molar-refractivity contribution in [1.29, 1.82) is 0 Å². The minimum Gasteiger partial charge on any atom is -0.491 e. The SMILES string of the molecule is O=C(C1CCCN(Cc2ccc(OCC3CCCO3)cc2)C1)N1CCNCC1. The van der Waals surface area contributed by atoms with E-state index in [2.05, 4.69) is 34.5 Å². The van der Waals surface area contributed by atoms with Gasteiger partial charge in [-0.15, -0.1) is 0 Å². The molecular weight excluding hydrogens is 354 g/mol.